The highest BCUT2D eigenvalue weighted by Crippen LogP contribution is 2.32. The van der Waals surface area contributed by atoms with E-state index in [2.05, 4.69) is 0 Å². The van der Waals surface area contributed by atoms with E-state index in [1.165, 1.54) is 0 Å². The van der Waals surface area contributed by atoms with Gasteiger partial charge in [-0.25, -0.2) is 0 Å². The molecule has 0 aliphatic carbocycles. The molecule has 0 amide bonds. The first-order valence-corrected chi connectivity index (χ1v) is 5.52. The fraction of sp³-hybridized carbons (Fsp3) is 0.538. The van der Waals surface area contributed by atoms with Crippen LogP contribution < -0.4 is 15.2 Å². The van der Waals surface area contributed by atoms with E-state index < -0.39 is 11.2 Å². The van der Waals surface area contributed by atoms with Gasteiger partial charge in [0.15, 0.2) is 0 Å². The molecular weight excluding hydrogens is 218 g/mol. The Morgan fingerprint density at radius 2 is 1.76 bits per heavy atom. The molecule has 4 heteroatoms. The Labute approximate surface area is 102 Å². The van der Waals surface area contributed by atoms with Crippen molar-refractivity contribution in [3.8, 4) is 11.5 Å². The van der Waals surface area contributed by atoms with Crippen molar-refractivity contribution in [3.05, 3.63) is 18.2 Å². The first-order valence-electron chi connectivity index (χ1n) is 5.52. The number of hydrogen-bond donors (Lipinski definition) is 2. The number of methoxy groups -OCH3 is 1. The fourth-order valence-corrected chi connectivity index (χ4v) is 1.17. The Kier molecular flexibility index (Phi) is 3.57. The van der Waals surface area contributed by atoms with Gasteiger partial charge in [0.05, 0.1) is 18.4 Å². The molecule has 0 radical (unpaired) electrons. The summed E-state index contributed by atoms with van der Waals surface area (Å²) in [6.07, 6.45) is 0. The van der Waals surface area contributed by atoms with Gasteiger partial charge in [-0.3, -0.25) is 0 Å². The predicted octanol–water partition coefficient (Wildman–Crippen LogP) is 2.21. The maximum absolute atomic E-state index is 10.0. The number of nitrogen functional groups attached to an aromatic ring is 1. The number of anilines is 1. The van der Waals surface area contributed by atoms with Crippen molar-refractivity contribution in [3.63, 3.8) is 0 Å². The Balaban J connectivity index is 2.96. The van der Waals surface area contributed by atoms with Crippen LogP contribution in [0.5, 0.6) is 11.5 Å². The number of aliphatic hydroxyl groups is 1. The monoisotopic (exact) mass is 239 g/mol. The van der Waals surface area contributed by atoms with Crippen LogP contribution in [0.2, 0.25) is 0 Å². The van der Waals surface area contributed by atoms with Gasteiger partial charge in [0, 0.05) is 6.07 Å². The van der Waals surface area contributed by atoms with E-state index in [1.807, 2.05) is 13.8 Å². The molecule has 0 aliphatic heterocycles. The van der Waals surface area contributed by atoms with Crippen LogP contribution in [0.3, 0.4) is 0 Å². The summed E-state index contributed by atoms with van der Waals surface area (Å²) in [5.41, 5.74) is 4.61. The van der Waals surface area contributed by atoms with E-state index >= 15 is 0 Å². The molecule has 0 unspecified atom stereocenters. The average molecular weight is 239 g/mol. The van der Waals surface area contributed by atoms with E-state index in [0.717, 1.165) is 0 Å². The minimum Gasteiger partial charge on any atom is -0.494 e. The average Bonchev–Trinajstić information content (AvgIpc) is 2.19. The largest absolute Gasteiger partial charge is 0.494 e. The lowest BCUT2D eigenvalue weighted by atomic mass is 9.89. The van der Waals surface area contributed by atoms with Gasteiger partial charge >= 0.3 is 0 Å². The van der Waals surface area contributed by atoms with E-state index in [0.29, 0.717) is 17.2 Å². The van der Waals surface area contributed by atoms with E-state index in [-0.39, 0.29) is 0 Å². The summed E-state index contributed by atoms with van der Waals surface area (Å²) in [6.45, 7) is 7.08. The summed E-state index contributed by atoms with van der Waals surface area (Å²) in [5.74, 6) is 1.18. The Morgan fingerprint density at radius 3 is 2.24 bits per heavy atom. The summed E-state index contributed by atoms with van der Waals surface area (Å²) in [7, 11) is 1.55. The third-order valence-electron chi connectivity index (χ3n) is 3.05. The number of ether oxygens (including phenoxy) is 2. The lowest BCUT2D eigenvalue weighted by Gasteiger charge is -2.37. The second-order valence-corrected chi connectivity index (χ2v) is 5.08. The van der Waals surface area contributed by atoms with E-state index in [4.69, 9.17) is 15.2 Å². The van der Waals surface area contributed by atoms with Gasteiger partial charge in [-0.05, 0) is 39.8 Å². The minimum atomic E-state index is -0.957. The zero-order chi connectivity index (χ0) is 13.3. The third kappa shape index (κ3) is 3.03. The highest BCUT2D eigenvalue weighted by molar-refractivity contribution is 5.55. The van der Waals surface area contributed by atoms with Crippen LogP contribution in [0, 0.1) is 0 Å². The van der Waals surface area contributed by atoms with Gasteiger partial charge in [0.1, 0.15) is 17.1 Å². The molecule has 1 rings (SSSR count). The molecule has 0 aromatic heterocycles. The van der Waals surface area contributed by atoms with Crippen LogP contribution in [0.1, 0.15) is 27.7 Å². The zero-order valence-corrected chi connectivity index (χ0v) is 11.1. The summed E-state index contributed by atoms with van der Waals surface area (Å²) in [4.78, 5) is 0. The van der Waals surface area contributed by atoms with Crippen LogP contribution in [0.4, 0.5) is 5.69 Å². The van der Waals surface area contributed by atoms with Gasteiger partial charge in [-0.15, -0.1) is 0 Å². The van der Waals surface area contributed by atoms with Crippen molar-refractivity contribution in [1.82, 2.24) is 0 Å². The predicted molar refractivity (Wildman–Crippen MR) is 68.4 cm³/mol. The molecule has 0 aliphatic rings. The molecule has 1 aromatic rings. The molecule has 4 nitrogen and oxygen atoms in total. The van der Waals surface area contributed by atoms with Crippen molar-refractivity contribution in [1.29, 1.82) is 0 Å². The van der Waals surface area contributed by atoms with Crippen LogP contribution in [-0.2, 0) is 0 Å². The SMILES string of the molecule is COc1cc(OC(C)(C)C(C)(C)O)ccc1N. The summed E-state index contributed by atoms with van der Waals surface area (Å²) in [5, 5.41) is 10.0. The molecular formula is C13H21NO3. The van der Waals surface area contributed by atoms with Crippen molar-refractivity contribution < 1.29 is 14.6 Å². The lowest BCUT2D eigenvalue weighted by Crippen LogP contribution is -2.49. The summed E-state index contributed by atoms with van der Waals surface area (Å²) < 4.78 is 10.9. The lowest BCUT2D eigenvalue weighted by molar-refractivity contribution is -0.0907. The van der Waals surface area contributed by atoms with Gasteiger partial charge in [-0.1, -0.05) is 0 Å². The fourth-order valence-electron chi connectivity index (χ4n) is 1.17. The molecule has 0 saturated carbocycles. The first-order chi connectivity index (χ1) is 7.67. The molecule has 0 atom stereocenters. The summed E-state index contributed by atoms with van der Waals surface area (Å²) >= 11 is 0. The van der Waals surface area contributed by atoms with Crippen LogP contribution in [-0.4, -0.2) is 23.4 Å². The van der Waals surface area contributed by atoms with E-state index in [1.54, 1.807) is 39.2 Å². The Bertz CT molecular complexity index is 394. The molecule has 0 spiro atoms. The third-order valence-corrected chi connectivity index (χ3v) is 3.05. The van der Waals surface area contributed by atoms with Crippen LogP contribution in [0.15, 0.2) is 18.2 Å². The van der Waals surface area contributed by atoms with E-state index in [9.17, 15) is 5.11 Å². The quantitative estimate of drug-likeness (QED) is 0.791. The van der Waals surface area contributed by atoms with Gasteiger partial charge in [0.2, 0.25) is 0 Å². The molecule has 0 bridgehead atoms. The molecule has 0 saturated heterocycles. The second kappa shape index (κ2) is 4.45. The standard InChI is InChI=1S/C13H21NO3/c1-12(2,15)13(3,4)17-9-6-7-10(14)11(8-9)16-5/h6-8,15H,14H2,1-5H3. The summed E-state index contributed by atoms with van der Waals surface area (Å²) in [6, 6.07) is 5.18. The molecule has 96 valence electrons. The first kappa shape index (κ1) is 13.6. The smallest absolute Gasteiger partial charge is 0.145 e. The Morgan fingerprint density at radius 1 is 1.18 bits per heavy atom. The van der Waals surface area contributed by atoms with Crippen molar-refractivity contribution in [2.24, 2.45) is 0 Å². The Hall–Kier alpha value is -1.42. The topological polar surface area (TPSA) is 64.7 Å². The van der Waals surface area contributed by atoms with Gasteiger partial charge < -0.3 is 20.3 Å². The van der Waals surface area contributed by atoms with Gasteiger partial charge in [-0.2, -0.15) is 0 Å². The van der Waals surface area contributed by atoms with Crippen molar-refractivity contribution >= 4 is 5.69 Å². The highest BCUT2D eigenvalue weighted by atomic mass is 16.5. The van der Waals surface area contributed by atoms with Crippen LogP contribution in [0.25, 0.3) is 0 Å². The second-order valence-electron chi connectivity index (χ2n) is 5.08. The maximum Gasteiger partial charge on any atom is 0.145 e. The van der Waals surface area contributed by atoms with Crippen molar-refractivity contribution in [2.45, 2.75) is 38.9 Å². The molecule has 0 heterocycles. The molecule has 3 N–H and O–H groups in total. The molecule has 1 aromatic carbocycles. The maximum atomic E-state index is 10.0. The number of nitrogens with two attached hydrogens (primary N) is 1. The van der Waals surface area contributed by atoms with Gasteiger partial charge in [0.25, 0.3) is 0 Å². The minimum absolute atomic E-state index is 0.556. The normalized spacial score (nSPS) is 12.4. The van der Waals surface area contributed by atoms with Crippen LogP contribution >= 0.6 is 0 Å². The van der Waals surface area contributed by atoms with Crippen molar-refractivity contribution in [2.75, 3.05) is 12.8 Å². The molecule has 0 fully saturated rings. The zero-order valence-electron chi connectivity index (χ0n) is 11.1. The number of rotatable bonds is 4. The molecule has 17 heavy (non-hydrogen) atoms. The highest BCUT2D eigenvalue weighted by Gasteiger charge is 2.37. The number of benzene rings is 1. The number of hydrogen-bond acceptors (Lipinski definition) is 4.